The van der Waals surface area contributed by atoms with Gasteiger partial charge in [0.2, 0.25) is 5.76 Å². The molecule has 4 nitrogen and oxygen atoms in total. The first-order valence-corrected chi connectivity index (χ1v) is 4.75. The van der Waals surface area contributed by atoms with Crippen molar-refractivity contribution in [2.45, 2.75) is 19.3 Å². The molecule has 20 heavy (non-hydrogen) atoms. The summed E-state index contributed by atoms with van der Waals surface area (Å²) in [5.74, 6) is -9.04. The zero-order chi connectivity index (χ0) is 16.1. The fourth-order valence-corrected chi connectivity index (χ4v) is 0.944. The SMILES string of the molecule is C=COC(=O)C(C=C(OC(C)=O)C(F)(F)F)C(F)(F)F. The second-order valence-electron chi connectivity index (χ2n) is 3.25. The molecule has 0 spiro atoms. The molecule has 0 rings (SSSR count). The lowest BCUT2D eigenvalue weighted by Gasteiger charge is -2.17. The summed E-state index contributed by atoms with van der Waals surface area (Å²) in [5, 5.41) is 0. The van der Waals surface area contributed by atoms with Crippen LogP contribution in [-0.4, -0.2) is 24.3 Å². The summed E-state index contributed by atoms with van der Waals surface area (Å²) >= 11 is 0. The highest BCUT2D eigenvalue weighted by Gasteiger charge is 2.48. The maximum atomic E-state index is 12.5. The summed E-state index contributed by atoms with van der Waals surface area (Å²) in [5.41, 5.74) is 0. The normalized spacial score (nSPS) is 14.4. The quantitative estimate of drug-likeness (QED) is 0.455. The molecule has 0 heterocycles. The van der Waals surface area contributed by atoms with Crippen LogP contribution in [-0.2, 0) is 19.1 Å². The number of carbonyl (C=O) groups excluding carboxylic acids is 2. The Morgan fingerprint density at radius 1 is 1.15 bits per heavy atom. The van der Waals surface area contributed by atoms with Crippen LogP contribution in [0.4, 0.5) is 26.3 Å². The minimum absolute atomic E-state index is 0.327. The van der Waals surface area contributed by atoms with Crippen LogP contribution in [0.15, 0.2) is 24.7 Å². The third kappa shape index (κ3) is 5.76. The van der Waals surface area contributed by atoms with Crippen LogP contribution in [0.3, 0.4) is 0 Å². The Bertz CT molecular complexity index is 420. The fraction of sp³-hybridized carbons (Fsp3) is 0.400. The molecule has 114 valence electrons. The lowest BCUT2D eigenvalue weighted by molar-refractivity contribution is -0.187. The van der Waals surface area contributed by atoms with Gasteiger partial charge in [0.25, 0.3) is 0 Å². The fourth-order valence-electron chi connectivity index (χ4n) is 0.944. The molecule has 0 bridgehead atoms. The molecule has 0 fully saturated rings. The summed E-state index contributed by atoms with van der Waals surface area (Å²) in [4.78, 5) is 21.4. The highest BCUT2D eigenvalue weighted by atomic mass is 19.4. The third-order valence-electron chi connectivity index (χ3n) is 1.66. The summed E-state index contributed by atoms with van der Waals surface area (Å²) in [6.45, 7) is 3.36. The minimum atomic E-state index is -5.39. The number of alkyl halides is 6. The van der Waals surface area contributed by atoms with E-state index in [1.807, 2.05) is 0 Å². The maximum absolute atomic E-state index is 12.5. The van der Waals surface area contributed by atoms with Crippen LogP contribution < -0.4 is 0 Å². The molecule has 10 heteroatoms. The van der Waals surface area contributed by atoms with E-state index in [4.69, 9.17) is 0 Å². The second-order valence-corrected chi connectivity index (χ2v) is 3.25. The van der Waals surface area contributed by atoms with Gasteiger partial charge in [-0.15, -0.1) is 0 Å². The lowest BCUT2D eigenvalue weighted by Crippen LogP contribution is -2.32. The van der Waals surface area contributed by atoms with Gasteiger partial charge in [0.15, 0.2) is 5.92 Å². The van der Waals surface area contributed by atoms with Crippen LogP contribution in [0.5, 0.6) is 0 Å². The molecule has 0 aromatic rings. The number of allylic oxidation sites excluding steroid dienone is 1. The molecule has 0 radical (unpaired) electrons. The van der Waals surface area contributed by atoms with E-state index in [0.29, 0.717) is 13.2 Å². The van der Waals surface area contributed by atoms with Crippen LogP contribution in [0, 0.1) is 5.92 Å². The standard InChI is InChI=1S/C10H8F6O4/c1-3-19-8(18)6(9(11,12)13)4-7(10(14,15)16)20-5(2)17/h3-4,6H,1H2,2H3. The van der Waals surface area contributed by atoms with E-state index in [-0.39, 0.29) is 0 Å². The number of hydrogen-bond donors (Lipinski definition) is 0. The molecule has 0 saturated carbocycles. The predicted octanol–water partition coefficient (Wildman–Crippen LogP) is 2.86. The van der Waals surface area contributed by atoms with Crippen molar-refractivity contribution < 1.29 is 45.4 Å². The van der Waals surface area contributed by atoms with Crippen molar-refractivity contribution in [3.8, 4) is 0 Å². The number of rotatable bonds is 4. The Morgan fingerprint density at radius 3 is 1.95 bits per heavy atom. The summed E-state index contributed by atoms with van der Waals surface area (Å²) in [7, 11) is 0. The van der Waals surface area contributed by atoms with E-state index >= 15 is 0 Å². The smallest absolute Gasteiger partial charge is 0.434 e. The first-order valence-electron chi connectivity index (χ1n) is 4.75. The molecular formula is C10H8F6O4. The Labute approximate surface area is 108 Å². The zero-order valence-corrected chi connectivity index (χ0v) is 9.84. The second kappa shape index (κ2) is 6.44. The van der Waals surface area contributed by atoms with Gasteiger partial charge in [0.1, 0.15) is 0 Å². The van der Waals surface area contributed by atoms with Crippen molar-refractivity contribution in [3.63, 3.8) is 0 Å². The molecular weight excluding hydrogens is 298 g/mol. The van der Waals surface area contributed by atoms with Crippen LogP contribution >= 0.6 is 0 Å². The topological polar surface area (TPSA) is 52.6 Å². The van der Waals surface area contributed by atoms with Crippen molar-refractivity contribution in [3.05, 3.63) is 24.7 Å². The summed E-state index contributed by atoms with van der Waals surface area (Å²) in [6.07, 6.45) is -11.0. The van der Waals surface area contributed by atoms with E-state index in [0.717, 1.165) is 0 Å². The first kappa shape index (κ1) is 18.0. The van der Waals surface area contributed by atoms with Crippen molar-refractivity contribution >= 4 is 11.9 Å². The molecule has 0 saturated heterocycles. The third-order valence-corrected chi connectivity index (χ3v) is 1.66. The van der Waals surface area contributed by atoms with Crippen molar-refractivity contribution in [2.75, 3.05) is 0 Å². The Hall–Kier alpha value is -2.00. The van der Waals surface area contributed by atoms with E-state index in [1.165, 1.54) is 0 Å². The number of ether oxygens (including phenoxy) is 2. The minimum Gasteiger partial charge on any atom is -0.434 e. The van der Waals surface area contributed by atoms with Crippen molar-refractivity contribution in [1.29, 1.82) is 0 Å². The molecule has 0 aliphatic rings. The van der Waals surface area contributed by atoms with E-state index in [9.17, 15) is 35.9 Å². The van der Waals surface area contributed by atoms with E-state index in [1.54, 1.807) is 0 Å². The van der Waals surface area contributed by atoms with Gasteiger partial charge in [-0.25, -0.2) is 0 Å². The van der Waals surface area contributed by atoms with E-state index in [2.05, 4.69) is 16.1 Å². The average molecular weight is 306 g/mol. The van der Waals surface area contributed by atoms with Crippen LogP contribution in [0.1, 0.15) is 6.92 Å². The van der Waals surface area contributed by atoms with Gasteiger partial charge in [0.05, 0.1) is 6.26 Å². The molecule has 1 unspecified atom stereocenters. The van der Waals surface area contributed by atoms with Crippen LogP contribution in [0.2, 0.25) is 0 Å². The molecule has 0 aromatic carbocycles. The van der Waals surface area contributed by atoms with Gasteiger partial charge < -0.3 is 9.47 Å². The molecule has 0 aromatic heterocycles. The molecule has 0 amide bonds. The maximum Gasteiger partial charge on any atom is 0.449 e. The lowest BCUT2D eigenvalue weighted by atomic mass is 10.1. The van der Waals surface area contributed by atoms with Gasteiger partial charge in [0, 0.05) is 6.92 Å². The number of halogens is 6. The van der Waals surface area contributed by atoms with E-state index < -0.39 is 42.0 Å². The van der Waals surface area contributed by atoms with Crippen molar-refractivity contribution in [2.24, 2.45) is 5.92 Å². The monoisotopic (exact) mass is 306 g/mol. The Kier molecular flexibility index (Phi) is 5.79. The van der Waals surface area contributed by atoms with Gasteiger partial charge in [-0.2, -0.15) is 26.3 Å². The molecule has 0 N–H and O–H groups in total. The highest BCUT2D eigenvalue weighted by Crippen LogP contribution is 2.34. The molecule has 0 aliphatic heterocycles. The zero-order valence-electron chi connectivity index (χ0n) is 9.84. The number of carbonyl (C=O) groups is 2. The van der Waals surface area contributed by atoms with Gasteiger partial charge in [-0.1, -0.05) is 6.58 Å². The molecule has 0 aliphatic carbocycles. The largest absolute Gasteiger partial charge is 0.449 e. The number of hydrogen-bond acceptors (Lipinski definition) is 4. The molecule has 1 atom stereocenters. The highest BCUT2D eigenvalue weighted by molar-refractivity contribution is 5.76. The van der Waals surface area contributed by atoms with Crippen LogP contribution in [0.25, 0.3) is 0 Å². The van der Waals surface area contributed by atoms with Gasteiger partial charge in [-0.05, 0) is 6.08 Å². The summed E-state index contributed by atoms with van der Waals surface area (Å²) in [6, 6.07) is 0. The van der Waals surface area contributed by atoms with Gasteiger partial charge in [-0.3, -0.25) is 9.59 Å². The first-order chi connectivity index (χ1) is 8.89. The van der Waals surface area contributed by atoms with Crippen molar-refractivity contribution in [1.82, 2.24) is 0 Å². The van der Waals surface area contributed by atoms with Gasteiger partial charge >= 0.3 is 24.3 Å². The Balaban J connectivity index is 5.64. The number of esters is 2. The predicted molar refractivity (Wildman–Crippen MR) is 51.7 cm³/mol. The summed E-state index contributed by atoms with van der Waals surface area (Å²) < 4.78 is 82.1. The Morgan fingerprint density at radius 2 is 1.65 bits per heavy atom. The average Bonchev–Trinajstić information content (AvgIpc) is 2.20.